The number of phenolic OH excluding ortho intramolecular Hbond substituents is 1. The Morgan fingerprint density at radius 3 is 2.06 bits per heavy atom. The molecule has 1 atom stereocenters. The number of nitrogens with two attached hydrogens (primary N) is 1. The summed E-state index contributed by atoms with van der Waals surface area (Å²) < 4.78 is 0. The van der Waals surface area contributed by atoms with Crippen LogP contribution in [0.1, 0.15) is 95.2 Å². The molecule has 32 heavy (non-hydrogen) atoms. The lowest BCUT2D eigenvalue weighted by molar-refractivity contribution is 0.170. The van der Waals surface area contributed by atoms with Crippen molar-refractivity contribution in [1.29, 1.82) is 0 Å². The SMILES string of the molecule is CC(C)N(CCC(c1ccccc1)c1cc(CCCCCCCCN)ccc1O)C(C)C. The highest BCUT2D eigenvalue weighted by Crippen LogP contribution is 2.35. The van der Waals surface area contributed by atoms with Gasteiger partial charge in [-0.2, -0.15) is 0 Å². The molecule has 0 heterocycles. The van der Waals surface area contributed by atoms with Crippen LogP contribution >= 0.6 is 0 Å². The minimum absolute atomic E-state index is 0.201. The molecule has 178 valence electrons. The van der Waals surface area contributed by atoms with Gasteiger partial charge in [0.2, 0.25) is 0 Å². The Bertz CT molecular complexity index is 749. The molecule has 0 saturated carbocycles. The third-order valence-electron chi connectivity index (χ3n) is 6.59. The third kappa shape index (κ3) is 8.60. The summed E-state index contributed by atoms with van der Waals surface area (Å²) in [6, 6.07) is 18.0. The van der Waals surface area contributed by atoms with Crippen LogP contribution in [0.3, 0.4) is 0 Å². The van der Waals surface area contributed by atoms with Crippen molar-refractivity contribution >= 4 is 0 Å². The summed E-state index contributed by atoms with van der Waals surface area (Å²) in [4.78, 5) is 2.54. The van der Waals surface area contributed by atoms with Crippen LogP contribution < -0.4 is 5.73 Å². The van der Waals surface area contributed by atoms with Crippen LogP contribution in [0, 0.1) is 0 Å². The van der Waals surface area contributed by atoms with Crippen molar-refractivity contribution in [2.24, 2.45) is 5.73 Å². The van der Waals surface area contributed by atoms with Crippen molar-refractivity contribution in [2.45, 2.75) is 97.1 Å². The highest BCUT2D eigenvalue weighted by atomic mass is 16.3. The molecule has 3 nitrogen and oxygen atoms in total. The molecular formula is C29H46N2O. The van der Waals surface area contributed by atoms with Gasteiger partial charge in [-0.15, -0.1) is 0 Å². The van der Waals surface area contributed by atoms with Gasteiger partial charge in [0, 0.05) is 23.6 Å². The maximum Gasteiger partial charge on any atom is 0.119 e. The zero-order valence-electron chi connectivity index (χ0n) is 20.9. The van der Waals surface area contributed by atoms with Crippen molar-refractivity contribution in [3.05, 3.63) is 65.2 Å². The fraction of sp³-hybridized carbons (Fsp3) is 0.586. The van der Waals surface area contributed by atoms with Gasteiger partial charge in [0.05, 0.1) is 0 Å². The molecule has 0 aliphatic carbocycles. The zero-order valence-corrected chi connectivity index (χ0v) is 20.9. The van der Waals surface area contributed by atoms with Gasteiger partial charge in [0.15, 0.2) is 0 Å². The largest absolute Gasteiger partial charge is 0.508 e. The van der Waals surface area contributed by atoms with Gasteiger partial charge < -0.3 is 10.8 Å². The molecular weight excluding hydrogens is 392 g/mol. The number of nitrogens with zero attached hydrogens (tertiary/aromatic N) is 1. The van der Waals surface area contributed by atoms with Crippen molar-refractivity contribution in [3.63, 3.8) is 0 Å². The topological polar surface area (TPSA) is 49.5 Å². The Kier molecular flexibility index (Phi) is 11.8. The summed E-state index contributed by atoms with van der Waals surface area (Å²) in [5.74, 6) is 0.623. The summed E-state index contributed by atoms with van der Waals surface area (Å²) >= 11 is 0. The van der Waals surface area contributed by atoms with Crippen LogP contribution in [-0.4, -0.2) is 35.2 Å². The van der Waals surface area contributed by atoms with Gasteiger partial charge in [-0.25, -0.2) is 0 Å². The second kappa shape index (κ2) is 14.3. The van der Waals surface area contributed by atoms with E-state index in [9.17, 15) is 5.11 Å². The first kappa shape index (κ1) is 26.4. The molecule has 0 aromatic heterocycles. The molecule has 0 amide bonds. The van der Waals surface area contributed by atoms with E-state index in [0.29, 0.717) is 17.8 Å². The second-order valence-corrected chi connectivity index (χ2v) is 9.73. The van der Waals surface area contributed by atoms with Gasteiger partial charge in [0.25, 0.3) is 0 Å². The van der Waals surface area contributed by atoms with E-state index in [1.165, 1.54) is 43.2 Å². The van der Waals surface area contributed by atoms with Gasteiger partial charge in [-0.3, -0.25) is 4.90 Å². The normalized spacial score (nSPS) is 12.8. The van der Waals surface area contributed by atoms with Crippen LogP contribution in [-0.2, 0) is 6.42 Å². The predicted octanol–water partition coefficient (Wildman–Crippen LogP) is 6.87. The Balaban J connectivity index is 2.12. The summed E-state index contributed by atoms with van der Waals surface area (Å²) in [6.45, 7) is 10.9. The number of aryl methyl sites for hydroxylation is 1. The van der Waals surface area contributed by atoms with E-state index >= 15 is 0 Å². The third-order valence-corrected chi connectivity index (χ3v) is 6.59. The van der Waals surface area contributed by atoms with E-state index < -0.39 is 0 Å². The fourth-order valence-corrected chi connectivity index (χ4v) is 4.80. The first-order valence-corrected chi connectivity index (χ1v) is 12.8. The monoisotopic (exact) mass is 438 g/mol. The molecule has 0 aliphatic rings. The zero-order chi connectivity index (χ0) is 23.3. The maximum absolute atomic E-state index is 10.8. The van der Waals surface area contributed by atoms with Crippen molar-refractivity contribution in [2.75, 3.05) is 13.1 Å². The molecule has 1 unspecified atom stereocenters. The molecule has 3 heteroatoms. The smallest absolute Gasteiger partial charge is 0.119 e. The number of unbranched alkanes of at least 4 members (excludes halogenated alkanes) is 5. The highest BCUT2D eigenvalue weighted by molar-refractivity contribution is 5.43. The van der Waals surface area contributed by atoms with E-state index in [2.05, 4.69) is 75.1 Å². The lowest BCUT2D eigenvalue weighted by atomic mass is 9.86. The van der Waals surface area contributed by atoms with E-state index in [-0.39, 0.29) is 5.92 Å². The van der Waals surface area contributed by atoms with Crippen LogP contribution in [0.2, 0.25) is 0 Å². The molecule has 0 bridgehead atoms. The van der Waals surface area contributed by atoms with Gasteiger partial charge in [-0.05, 0) is 83.7 Å². The Labute approximate surface area is 197 Å². The number of hydrogen-bond acceptors (Lipinski definition) is 3. The number of hydrogen-bond donors (Lipinski definition) is 2. The van der Waals surface area contributed by atoms with Crippen LogP contribution in [0.5, 0.6) is 5.75 Å². The molecule has 3 N–H and O–H groups in total. The van der Waals surface area contributed by atoms with E-state index in [1.54, 1.807) is 0 Å². The Morgan fingerprint density at radius 1 is 0.812 bits per heavy atom. The fourth-order valence-electron chi connectivity index (χ4n) is 4.80. The molecule has 2 aromatic carbocycles. The molecule has 0 aliphatic heterocycles. The molecule has 0 spiro atoms. The van der Waals surface area contributed by atoms with Gasteiger partial charge in [0.1, 0.15) is 5.75 Å². The lowest BCUT2D eigenvalue weighted by Crippen LogP contribution is -2.38. The maximum atomic E-state index is 10.8. The van der Waals surface area contributed by atoms with Gasteiger partial charge >= 0.3 is 0 Å². The van der Waals surface area contributed by atoms with E-state index in [1.807, 2.05) is 6.07 Å². The van der Waals surface area contributed by atoms with E-state index in [0.717, 1.165) is 37.9 Å². The first-order chi connectivity index (χ1) is 15.4. The molecule has 0 saturated heterocycles. The molecule has 2 rings (SSSR count). The van der Waals surface area contributed by atoms with Crippen molar-refractivity contribution < 1.29 is 5.11 Å². The van der Waals surface area contributed by atoms with Crippen molar-refractivity contribution in [3.8, 4) is 5.75 Å². The average molecular weight is 439 g/mol. The van der Waals surface area contributed by atoms with Crippen LogP contribution in [0.4, 0.5) is 0 Å². The van der Waals surface area contributed by atoms with Crippen molar-refractivity contribution in [1.82, 2.24) is 4.90 Å². The number of phenols is 1. The summed E-state index contributed by atoms with van der Waals surface area (Å²) in [5, 5.41) is 10.8. The Hall–Kier alpha value is -1.84. The number of rotatable bonds is 15. The second-order valence-electron chi connectivity index (χ2n) is 9.73. The molecule has 2 aromatic rings. The summed E-state index contributed by atoms with van der Waals surface area (Å²) in [5.41, 5.74) is 9.28. The minimum atomic E-state index is 0.201. The number of benzene rings is 2. The average Bonchev–Trinajstić information content (AvgIpc) is 2.77. The highest BCUT2D eigenvalue weighted by Gasteiger charge is 2.21. The summed E-state index contributed by atoms with van der Waals surface area (Å²) in [7, 11) is 0. The molecule has 0 radical (unpaired) electrons. The summed E-state index contributed by atoms with van der Waals surface area (Å²) in [6.07, 6.45) is 9.52. The first-order valence-electron chi connectivity index (χ1n) is 12.8. The van der Waals surface area contributed by atoms with Crippen LogP contribution in [0.25, 0.3) is 0 Å². The minimum Gasteiger partial charge on any atom is -0.508 e. The van der Waals surface area contributed by atoms with Gasteiger partial charge in [-0.1, -0.05) is 68.1 Å². The lowest BCUT2D eigenvalue weighted by Gasteiger charge is -2.32. The molecule has 0 fully saturated rings. The number of aromatic hydroxyl groups is 1. The Morgan fingerprint density at radius 2 is 1.44 bits per heavy atom. The van der Waals surface area contributed by atoms with E-state index in [4.69, 9.17) is 5.73 Å². The standard InChI is InChI=1S/C29H46N2O/c1-23(2)31(24(3)4)21-19-27(26-15-11-9-12-16-26)28-22-25(17-18-29(28)32)14-10-7-5-6-8-13-20-30/h9,11-12,15-18,22-24,27,32H,5-8,10,13-14,19-21,30H2,1-4H3. The van der Waals surface area contributed by atoms with Crippen LogP contribution in [0.15, 0.2) is 48.5 Å². The quantitative estimate of drug-likeness (QED) is 0.298. The predicted molar refractivity (Wildman–Crippen MR) is 138 cm³/mol.